The molecule has 2 heterocycles. The Morgan fingerprint density at radius 1 is 1.19 bits per heavy atom. The summed E-state index contributed by atoms with van der Waals surface area (Å²) < 4.78 is 25.2. The highest BCUT2D eigenvalue weighted by atomic mass is 32.1. The van der Waals surface area contributed by atoms with E-state index in [1.54, 1.807) is 6.07 Å². The minimum Gasteiger partial charge on any atom is -0.494 e. The summed E-state index contributed by atoms with van der Waals surface area (Å²) in [6.45, 7) is 7.35. The van der Waals surface area contributed by atoms with Crippen molar-refractivity contribution < 1.29 is 13.7 Å². The highest BCUT2D eigenvalue weighted by Gasteiger charge is 2.33. The molecular weight excluding hydrogens is 427 g/mol. The molecule has 3 aromatic rings. The van der Waals surface area contributed by atoms with Crippen molar-refractivity contribution in [2.24, 2.45) is 0 Å². The molecule has 1 aliphatic rings. The Hall–Kier alpha value is -3.26. The maximum Gasteiger partial charge on any atom is 0.258 e. The molecule has 2 aromatic carbocycles. The van der Waals surface area contributed by atoms with E-state index >= 15 is 0 Å². The molecule has 0 bridgehead atoms. The van der Waals surface area contributed by atoms with Gasteiger partial charge in [0.25, 0.3) is 5.89 Å². The van der Waals surface area contributed by atoms with E-state index in [2.05, 4.69) is 22.4 Å². The van der Waals surface area contributed by atoms with Gasteiger partial charge in [0, 0.05) is 17.8 Å². The zero-order valence-corrected chi connectivity index (χ0v) is 19.1. The number of nitrogens with one attached hydrogen (secondary N) is 1. The number of halogens is 1. The van der Waals surface area contributed by atoms with E-state index in [1.807, 2.05) is 49.1 Å². The molecule has 1 unspecified atom stereocenters. The molecule has 0 aliphatic carbocycles. The van der Waals surface area contributed by atoms with E-state index in [0.717, 1.165) is 41.1 Å². The summed E-state index contributed by atoms with van der Waals surface area (Å²) in [6.07, 6.45) is 0.915. The third-order valence-electron chi connectivity index (χ3n) is 5.31. The molecule has 1 N–H and O–H groups in total. The Bertz CT molecular complexity index is 1140. The molecule has 0 saturated heterocycles. The summed E-state index contributed by atoms with van der Waals surface area (Å²) in [4.78, 5) is 6.68. The lowest BCUT2D eigenvalue weighted by molar-refractivity contribution is 0.340. The van der Waals surface area contributed by atoms with Crippen LogP contribution in [0.25, 0.3) is 17.0 Å². The first-order valence-electron chi connectivity index (χ1n) is 10.6. The summed E-state index contributed by atoms with van der Waals surface area (Å²) in [5.74, 6) is 1.31. The summed E-state index contributed by atoms with van der Waals surface area (Å²) in [7, 11) is 0. The van der Waals surface area contributed by atoms with Gasteiger partial charge in [0.15, 0.2) is 5.11 Å². The number of thiocarbonyl (C=S) groups is 1. The van der Waals surface area contributed by atoms with Crippen molar-refractivity contribution in [1.82, 2.24) is 20.4 Å². The molecule has 0 saturated carbocycles. The molecule has 0 fully saturated rings. The maximum absolute atomic E-state index is 14.0. The Balaban J connectivity index is 1.76. The van der Waals surface area contributed by atoms with Gasteiger partial charge in [-0.05, 0) is 74.4 Å². The Morgan fingerprint density at radius 3 is 2.66 bits per heavy atom. The van der Waals surface area contributed by atoms with Gasteiger partial charge in [-0.15, -0.1) is 0 Å². The molecule has 1 aromatic heterocycles. The van der Waals surface area contributed by atoms with E-state index in [-0.39, 0.29) is 5.82 Å². The molecule has 0 spiro atoms. The van der Waals surface area contributed by atoms with Crippen LogP contribution in [0.3, 0.4) is 0 Å². The van der Waals surface area contributed by atoms with E-state index < -0.39 is 6.04 Å². The lowest BCUT2D eigenvalue weighted by Gasteiger charge is -2.37. The highest BCUT2D eigenvalue weighted by Crippen LogP contribution is 2.37. The van der Waals surface area contributed by atoms with Crippen molar-refractivity contribution in [1.29, 1.82) is 0 Å². The number of hydrogen-bond donors (Lipinski definition) is 1. The smallest absolute Gasteiger partial charge is 0.258 e. The van der Waals surface area contributed by atoms with E-state index in [4.69, 9.17) is 21.5 Å². The Labute approximate surface area is 192 Å². The topological polar surface area (TPSA) is 63.4 Å². The first-order valence-corrected chi connectivity index (χ1v) is 11.0. The van der Waals surface area contributed by atoms with Crippen molar-refractivity contribution in [2.75, 3.05) is 13.2 Å². The molecule has 1 aliphatic heterocycles. The van der Waals surface area contributed by atoms with Gasteiger partial charge in [0.05, 0.1) is 18.2 Å². The average molecular weight is 453 g/mol. The monoisotopic (exact) mass is 452 g/mol. The first-order chi connectivity index (χ1) is 15.5. The Kier molecular flexibility index (Phi) is 6.50. The highest BCUT2D eigenvalue weighted by molar-refractivity contribution is 7.80. The third kappa shape index (κ3) is 4.36. The molecule has 8 heteroatoms. The van der Waals surface area contributed by atoms with Crippen LogP contribution in [0.4, 0.5) is 4.39 Å². The number of allylic oxidation sites excluding steroid dienone is 1. The van der Waals surface area contributed by atoms with Gasteiger partial charge >= 0.3 is 0 Å². The quantitative estimate of drug-likeness (QED) is 0.485. The van der Waals surface area contributed by atoms with Crippen molar-refractivity contribution in [2.45, 2.75) is 33.2 Å². The molecule has 166 valence electrons. The number of hydrogen-bond acceptors (Lipinski definition) is 5. The van der Waals surface area contributed by atoms with Gasteiger partial charge in [-0.1, -0.05) is 24.2 Å². The average Bonchev–Trinajstić information content (AvgIpc) is 3.26. The van der Waals surface area contributed by atoms with Gasteiger partial charge in [-0.3, -0.25) is 0 Å². The lowest BCUT2D eigenvalue weighted by Crippen LogP contribution is -2.46. The predicted octanol–water partition coefficient (Wildman–Crippen LogP) is 5.35. The molecule has 32 heavy (non-hydrogen) atoms. The maximum atomic E-state index is 14.0. The molecule has 4 rings (SSSR count). The van der Waals surface area contributed by atoms with Crippen LogP contribution in [0.15, 0.2) is 58.8 Å². The number of ether oxygens (including phenoxy) is 1. The molecule has 6 nitrogen and oxygen atoms in total. The minimum absolute atomic E-state index is 0.316. The van der Waals surface area contributed by atoms with Gasteiger partial charge in [-0.25, -0.2) is 4.39 Å². The normalized spacial score (nSPS) is 16.3. The van der Waals surface area contributed by atoms with Crippen LogP contribution in [0, 0.1) is 5.82 Å². The van der Waals surface area contributed by atoms with E-state index in [1.165, 1.54) is 12.1 Å². The fourth-order valence-electron chi connectivity index (χ4n) is 3.80. The first kappa shape index (κ1) is 22.0. The third-order valence-corrected chi connectivity index (χ3v) is 5.64. The lowest BCUT2D eigenvalue weighted by atomic mass is 9.94. The summed E-state index contributed by atoms with van der Waals surface area (Å²) in [5, 5.41) is 8.12. The van der Waals surface area contributed by atoms with Gasteiger partial charge in [0.2, 0.25) is 5.82 Å². The summed E-state index contributed by atoms with van der Waals surface area (Å²) in [5.41, 5.74) is 3.24. The number of nitrogens with zero attached hydrogens (tertiary/aromatic N) is 3. The minimum atomic E-state index is -0.403. The summed E-state index contributed by atoms with van der Waals surface area (Å²) >= 11 is 5.61. The SMILES string of the molecule is CCCN1C(=S)NC(c2cccc(F)c2)C(c2nc(-c3ccc(OCC)cc3)no2)=C1C. The molecule has 1 atom stereocenters. The van der Waals surface area contributed by atoms with E-state index in [0.29, 0.717) is 23.4 Å². The van der Waals surface area contributed by atoms with Crippen LogP contribution in [-0.2, 0) is 0 Å². The number of benzene rings is 2. The van der Waals surface area contributed by atoms with Crippen LogP contribution in [-0.4, -0.2) is 33.3 Å². The van der Waals surface area contributed by atoms with Gasteiger partial charge in [0.1, 0.15) is 11.6 Å². The van der Waals surface area contributed by atoms with Crippen LogP contribution >= 0.6 is 12.2 Å². The second-order valence-electron chi connectivity index (χ2n) is 7.47. The fourth-order valence-corrected chi connectivity index (χ4v) is 4.15. The van der Waals surface area contributed by atoms with Crippen LogP contribution in [0.2, 0.25) is 0 Å². The number of rotatable bonds is 7. The van der Waals surface area contributed by atoms with Crippen molar-refractivity contribution >= 4 is 22.9 Å². The van der Waals surface area contributed by atoms with Gasteiger partial charge < -0.3 is 19.5 Å². The van der Waals surface area contributed by atoms with Crippen LogP contribution < -0.4 is 10.1 Å². The zero-order chi connectivity index (χ0) is 22.7. The molecule has 0 amide bonds. The second kappa shape index (κ2) is 9.48. The standard InChI is InChI=1S/C24H25FN4O2S/c1-4-13-29-15(3)20(21(26-24(29)32)17-7-6-8-18(25)14-17)23-27-22(28-31-23)16-9-11-19(12-10-16)30-5-2/h6-12,14,21H,4-5,13H2,1-3H3,(H,26,32). The zero-order valence-electron chi connectivity index (χ0n) is 18.3. The summed E-state index contributed by atoms with van der Waals surface area (Å²) in [6, 6.07) is 13.6. The van der Waals surface area contributed by atoms with Crippen molar-refractivity contribution in [3.63, 3.8) is 0 Å². The Morgan fingerprint density at radius 2 is 1.97 bits per heavy atom. The predicted molar refractivity (Wildman–Crippen MR) is 125 cm³/mol. The molecular formula is C24H25FN4O2S. The number of aromatic nitrogens is 2. The molecule has 0 radical (unpaired) electrons. The van der Waals surface area contributed by atoms with E-state index in [9.17, 15) is 4.39 Å². The largest absolute Gasteiger partial charge is 0.494 e. The van der Waals surface area contributed by atoms with Gasteiger partial charge in [-0.2, -0.15) is 4.98 Å². The van der Waals surface area contributed by atoms with Crippen molar-refractivity contribution in [3.8, 4) is 17.1 Å². The van der Waals surface area contributed by atoms with Crippen LogP contribution in [0.1, 0.15) is 44.7 Å². The fraction of sp³-hybridized carbons (Fsp3) is 0.292. The second-order valence-corrected chi connectivity index (χ2v) is 7.86. The van der Waals surface area contributed by atoms with Crippen molar-refractivity contribution in [3.05, 3.63) is 71.5 Å². The van der Waals surface area contributed by atoms with Crippen LogP contribution in [0.5, 0.6) is 5.75 Å².